The van der Waals surface area contributed by atoms with Gasteiger partial charge < -0.3 is 18.8 Å². The summed E-state index contributed by atoms with van der Waals surface area (Å²) in [4.78, 5) is 8.63. The Morgan fingerprint density at radius 3 is 2.02 bits per heavy atom. The molecule has 5 heteroatoms. The Morgan fingerprint density at radius 1 is 0.568 bits per heavy atom. The Balaban J connectivity index is 0.000000228. The van der Waals surface area contributed by atoms with Gasteiger partial charge in [-0.2, -0.15) is 0 Å². The largest absolute Gasteiger partial charge is 0.500 e. The van der Waals surface area contributed by atoms with E-state index in [9.17, 15) is 0 Å². The van der Waals surface area contributed by atoms with Gasteiger partial charge in [0.1, 0.15) is 16.7 Å². The number of hydrogen-bond acceptors (Lipinski definition) is 4. The van der Waals surface area contributed by atoms with Crippen molar-refractivity contribution >= 4 is 54.6 Å². The van der Waals surface area contributed by atoms with E-state index in [4.69, 9.17) is 12.9 Å². The third-order valence-electron chi connectivity index (χ3n) is 7.60. The monoisotopic (exact) mass is 748 g/mol. The Labute approximate surface area is 271 Å². The van der Waals surface area contributed by atoms with E-state index in [0.717, 1.165) is 60.3 Å². The summed E-state index contributed by atoms with van der Waals surface area (Å²) in [5.41, 5.74) is 6.47. The second-order valence-corrected chi connectivity index (χ2v) is 10.2. The molecule has 9 aromatic rings. The van der Waals surface area contributed by atoms with Crippen molar-refractivity contribution in [3.8, 4) is 22.5 Å². The molecule has 4 nitrogen and oxygen atoms in total. The van der Waals surface area contributed by atoms with Gasteiger partial charge in [-0.05, 0) is 54.6 Å². The van der Waals surface area contributed by atoms with Crippen LogP contribution < -0.4 is 0 Å². The molecule has 9 rings (SSSR count). The van der Waals surface area contributed by atoms with Gasteiger partial charge in [-0.3, -0.25) is 0 Å². The fourth-order valence-electron chi connectivity index (χ4n) is 5.62. The zero-order valence-corrected chi connectivity index (χ0v) is 25.6. The Hall–Kier alpha value is -5.09. The van der Waals surface area contributed by atoms with E-state index in [0.29, 0.717) is 16.8 Å². The minimum Gasteiger partial charge on any atom is -0.500 e. The first kappa shape index (κ1) is 24.4. The minimum absolute atomic E-state index is 0. The van der Waals surface area contributed by atoms with Gasteiger partial charge in [-0.15, -0.1) is 54.1 Å². The van der Waals surface area contributed by atoms with Crippen molar-refractivity contribution < 1.29 is 33.1 Å². The molecule has 0 saturated heterocycles. The van der Waals surface area contributed by atoms with E-state index < -0.39 is 6.85 Å². The number of hydrogen-bond donors (Lipinski definition) is 0. The summed E-state index contributed by atoms with van der Waals surface area (Å²) >= 11 is 0. The molecule has 0 spiro atoms. The normalized spacial score (nSPS) is 12.4. The number of rotatable bonds is 2. The molecule has 0 aliphatic carbocycles. The van der Waals surface area contributed by atoms with Crippen LogP contribution in [0.2, 0.25) is 0 Å². The molecule has 0 amide bonds. The predicted octanol–water partition coefficient (Wildman–Crippen LogP) is 10.4. The van der Waals surface area contributed by atoms with Crippen LogP contribution in [-0.2, 0) is 20.1 Å². The maximum Gasteiger partial charge on any atom is 0.143 e. The number of aromatic nitrogens is 2. The number of furan rings is 2. The summed E-state index contributed by atoms with van der Waals surface area (Å²) in [5, 5.41) is 5.99. The molecule has 4 aromatic heterocycles. The van der Waals surface area contributed by atoms with E-state index in [2.05, 4.69) is 46.4 Å². The number of pyridine rings is 2. The SMILES string of the molecule is [2H]C([2H])([2H])c1ccnc(-c2[c-]ccc3c2oc2c3ccc3c2ccc2c4ccccc4oc23)c1.[Ir].[c-]1ccccc1-c1ccccn1. The van der Waals surface area contributed by atoms with Crippen molar-refractivity contribution in [2.24, 2.45) is 0 Å². The third kappa shape index (κ3) is 4.77. The van der Waals surface area contributed by atoms with E-state index in [1.807, 2.05) is 78.9 Å². The van der Waals surface area contributed by atoms with Crippen molar-refractivity contribution in [1.82, 2.24) is 9.97 Å². The minimum atomic E-state index is -2.21. The van der Waals surface area contributed by atoms with Crippen LogP contribution in [0.3, 0.4) is 0 Å². The summed E-state index contributed by atoms with van der Waals surface area (Å²) in [6.07, 6.45) is 3.30. The van der Waals surface area contributed by atoms with Crippen LogP contribution in [0, 0.1) is 19.0 Å². The molecular weight excluding hydrogens is 721 g/mol. The van der Waals surface area contributed by atoms with Gasteiger partial charge in [-0.25, -0.2) is 0 Å². The quantitative estimate of drug-likeness (QED) is 0.165. The van der Waals surface area contributed by atoms with Crippen LogP contribution in [0.1, 0.15) is 9.68 Å². The molecule has 213 valence electrons. The molecule has 44 heavy (non-hydrogen) atoms. The molecular formula is C39H24IrN2O2-2. The third-order valence-corrected chi connectivity index (χ3v) is 7.60. The summed E-state index contributed by atoms with van der Waals surface area (Å²) in [6, 6.07) is 43.2. The van der Waals surface area contributed by atoms with Crippen molar-refractivity contribution in [3.63, 3.8) is 0 Å². The fraction of sp³-hybridized carbons (Fsp3) is 0.0256. The van der Waals surface area contributed by atoms with Crippen LogP contribution in [-0.4, -0.2) is 9.97 Å². The van der Waals surface area contributed by atoms with Crippen LogP contribution in [0.25, 0.3) is 77.2 Å². The van der Waals surface area contributed by atoms with Crippen molar-refractivity contribution in [2.75, 3.05) is 0 Å². The zero-order valence-electron chi connectivity index (χ0n) is 26.2. The standard InChI is InChI=1S/C28H16NO2.C11H8N.Ir/c1-16-13-14-29-24(15-16)23-7-4-6-18-20-11-12-21-22(27(20)31-28(18)23)10-9-19-17-5-2-3-8-25(17)30-26(19)21;1-2-6-10(7-3-1)11-8-4-5-9-12-11;/h2-6,8-15H,1H3;1-6,8-9H;/q2*-1;/i1D3;;. The second-order valence-electron chi connectivity index (χ2n) is 10.2. The maximum atomic E-state index is 7.74. The number of benzene rings is 5. The second kappa shape index (κ2) is 11.5. The average molecular weight is 748 g/mol. The molecule has 1 radical (unpaired) electrons. The molecule has 0 N–H and O–H groups in total. The number of nitrogens with zero attached hydrogens (tertiary/aromatic N) is 2. The van der Waals surface area contributed by atoms with Gasteiger partial charge in [0.25, 0.3) is 0 Å². The van der Waals surface area contributed by atoms with E-state index >= 15 is 0 Å². The molecule has 0 atom stereocenters. The van der Waals surface area contributed by atoms with Gasteiger partial charge in [-0.1, -0.05) is 59.0 Å². The van der Waals surface area contributed by atoms with Gasteiger partial charge in [0.15, 0.2) is 0 Å². The molecule has 0 aliphatic rings. The Morgan fingerprint density at radius 2 is 1.27 bits per heavy atom. The molecule has 5 aromatic carbocycles. The molecule has 0 fully saturated rings. The number of para-hydroxylation sites is 1. The Kier molecular flexibility index (Phi) is 6.39. The summed E-state index contributed by atoms with van der Waals surface area (Å²) in [7, 11) is 0. The summed E-state index contributed by atoms with van der Waals surface area (Å²) in [6.45, 7) is -2.21. The molecule has 4 heterocycles. The van der Waals surface area contributed by atoms with E-state index in [1.54, 1.807) is 12.3 Å². The summed E-state index contributed by atoms with van der Waals surface area (Å²) in [5.74, 6) is 0. The number of aryl methyl sites for hydroxylation is 1. The van der Waals surface area contributed by atoms with Gasteiger partial charge >= 0.3 is 0 Å². The predicted molar refractivity (Wildman–Crippen MR) is 174 cm³/mol. The van der Waals surface area contributed by atoms with Crippen molar-refractivity contribution in [3.05, 3.63) is 145 Å². The Bertz CT molecular complexity index is 2490. The number of fused-ring (bicyclic) bond motifs is 9. The molecule has 0 bridgehead atoms. The van der Waals surface area contributed by atoms with Crippen molar-refractivity contribution in [2.45, 2.75) is 6.85 Å². The smallest absolute Gasteiger partial charge is 0.143 e. The van der Waals surface area contributed by atoms with Crippen LogP contribution in [0.15, 0.2) is 136 Å². The first-order valence-corrected chi connectivity index (χ1v) is 13.9. The molecule has 0 unspecified atom stereocenters. The van der Waals surface area contributed by atoms with Crippen molar-refractivity contribution in [1.29, 1.82) is 0 Å². The van der Waals surface area contributed by atoms with Gasteiger partial charge in [0.05, 0.1) is 5.58 Å². The zero-order chi connectivity index (χ0) is 31.3. The van der Waals surface area contributed by atoms with Crippen LogP contribution in [0.4, 0.5) is 0 Å². The van der Waals surface area contributed by atoms with Gasteiger partial charge in [0.2, 0.25) is 0 Å². The van der Waals surface area contributed by atoms with Crippen LogP contribution >= 0.6 is 0 Å². The molecule has 0 saturated carbocycles. The van der Waals surface area contributed by atoms with E-state index in [1.165, 1.54) is 12.3 Å². The van der Waals surface area contributed by atoms with Crippen LogP contribution in [0.5, 0.6) is 0 Å². The maximum absolute atomic E-state index is 7.74. The van der Waals surface area contributed by atoms with Gasteiger partial charge in [0, 0.05) is 63.5 Å². The molecule has 0 aliphatic heterocycles. The first-order chi connectivity index (χ1) is 22.5. The fourth-order valence-corrected chi connectivity index (χ4v) is 5.62. The topological polar surface area (TPSA) is 52.1 Å². The first-order valence-electron chi connectivity index (χ1n) is 15.4. The summed E-state index contributed by atoms with van der Waals surface area (Å²) < 4.78 is 35.9. The average Bonchev–Trinajstić information content (AvgIpc) is 3.68. The van der Waals surface area contributed by atoms with E-state index in [-0.39, 0.29) is 25.7 Å².